The lowest BCUT2D eigenvalue weighted by Crippen LogP contribution is -2.13. The zero-order chi connectivity index (χ0) is 18.3. The molecule has 26 heavy (non-hydrogen) atoms. The Morgan fingerprint density at radius 1 is 1.23 bits per heavy atom. The number of fused-ring (bicyclic) bond motifs is 1. The van der Waals surface area contributed by atoms with Crippen molar-refractivity contribution in [2.75, 3.05) is 5.32 Å². The number of pyridine rings is 1. The summed E-state index contributed by atoms with van der Waals surface area (Å²) < 4.78 is 1.70. The first-order chi connectivity index (χ1) is 12.5. The number of halogens is 1. The number of rotatable bonds is 3. The van der Waals surface area contributed by atoms with E-state index in [4.69, 9.17) is 16.6 Å². The molecule has 3 aromatic heterocycles. The highest BCUT2D eigenvalue weighted by Gasteiger charge is 2.20. The van der Waals surface area contributed by atoms with Gasteiger partial charge in [0.05, 0.1) is 37.9 Å². The lowest BCUT2D eigenvalue weighted by atomic mass is 10.1. The number of amides is 1. The minimum atomic E-state index is -0.237. The Kier molecular flexibility index (Phi) is 4.22. The number of thiophene rings is 1. The van der Waals surface area contributed by atoms with Crippen LogP contribution in [0.4, 0.5) is 5.69 Å². The normalized spacial score (nSPS) is 11.0. The molecule has 5 nitrogen and oxygen atoms in total. The summed E-state index contributed by atoms with van der Waals surface area (Å²) >= 11 is 7.76. The standard InChI is InChI=1S/C19H15ClN4OS/c1-11-17-12(19(25)22-14-7-4-3-6-13(14)20)10-15(16-8-5-9-26-16)21-18(17)24(2)23-11/h3-10H,1-2H3,(H,22,25). The van der Waals surface area contributed by atoms with Gasteiger partial charge in [-0.3, -0.25) is 9.48 Å². The van der Waals surface area contributed by atoms with Crippen molar-refractivity contribution in [2.24, 2.45) is 7.05 Å². The number of benzene rings is 1. The van der Waals surface area contributed by atoms with Crippen LogP contribution >= 0.6 is 22.9 Å². The summed E-state index contributed by atoms with van der Waals surface area (Å²) in [4.78, 5) is 18.7. The maximum atomic E-state index is 13.0. The van der Waals surface area contributed by atoms with Crippen molar-refractivity contribution in [1.82, 2.24) is 14.8 Å². The molecule has 3 heterocycles. The number of hydrogen-bond acceptors (Lipinski definition) is 4. The Hall–Kier alpha value is -2.70. The van der Waals surface area contributed by atoms with Gasteiger partial charge in [0.25, 0.3) is 5.91 Å². The van der Waals surface area contributed by atoms with Crippen LogP contribution in [-0.4, -0.2) is 20.7 Å². The molecule has 0 radical (unpaired) electrons. The molecule has 0 aliphatic heterocycles. The summed E-state index contributed by atoms with van der Waals surface area (Å²) in [6, 6.07) is 12.9. The summed E-state index contributed by atoms with van der Waals surface area (Å²) in [5.41, 5.74) is 3.29. The van der Waals surface area contributed by atoms with E-state index in [0.29, 0.717) is 21.9 Å². The van der Waals surface area contributed by atoms with Gasteiger partial charge in [-0.25, -0.2) is 4.98 Å². The predicted molar refractivity (Wildman–Crippen MR) is 106 cm³/mol. The van der Waals surface area contributed by atoms with E-state index in [9.17, 15) is 4.79 Å². The minimum Gasteiger partial charge on any atom is -0.321 e. The van der Waals surface area contributed by atoms with E-state index in [1.165, 1.54) is 0 Å². The molecule has 0 unspecified atom stereocenters. The molecule has 0 fully saturated rings. The molecule has 0 aliphatic carbocycles. The van der Waals surface area contributed by atoms with E-state index >= 15 is 0 Å². The number of anilines is 1. The number of nitrogens with one attached hydrogen (secondary N) is 1. The van der Waals surface area contributed by atoms with Gasteiger partial charge in [0.2, 0.25) is 0 Å². The Balaban J connectivity index is 1.87. The van der Waals surface area contributed by atoms with E-state index < -0.39 is 0 Å². The van der Waals surface area contributed by atoms with Crippen LogP contribution in [-0.2, 0) is 7.05 Å². The van der Waals surface area contributed by atoms with Gasteiger partial charge in [-0.05, 0) is 36.6 Å². The molecule has 130 valence electrons. The van der Waals surface area contributed by atoms with Crippen molar-refractivity contribution < 1.29 is 4.79 Å². The van der Waals surface area contributed by atoms with E-state index in [0.717, 1.165) is 21.7 Å². The second-order valence-corrected chi connectivity index (χ2v) is 7.23. The lowest BCUT2D eigenvalue weighted by Gasteiger charge is -2.10. The molecule has 0 atom stereocenters. The van der Waals surface area contributed by atoms with Crippen LogP contribution < -0.4 is 5.32 Å². The van der Waals surface area contributed by atoms with Gasteiger partial charge < -0.3 is 5.32 Å². The molecule has 7 heteroatoms. The predicted octanol–water partition coefficient (Wildman–Crippen LogP) is 4.91. The quantitative estimate of drug-likeness (QED) is 0.547. The van der Waals surface area contributed by atoms with Crippen molar-refractivity contribution >= 4 is 45.6 Å². The average Bonchev–Trinajstić information content (AvgIpc) is 3.25. The molecule has 4 rings (SSSR count). The molecule has 0 saturated carbocycles. The molecule has 0 bridgehead atoms. The molecule has 4 aromatic rings. The molecular weight excluding hydrogens is 368 g/mol. The molecule has 0 aliphatic rings. The molecular formula is C19H15ClN4OS. The van der Waals surface area contributed by atoms with Gasteiger partial charge in [-0.15, -0.1) is 11.3 Å². The fourth-order valence-corrected chi connectivity index (χ4v) is 3.80. The summed E-state index contributed by atoms with van der Waals surface area (Å²) in [7, 11) is 1.83. The summed E-state index contributed by atoms with van der Waals surface area (Å²) in [6.07, 6.45) is 0. The van der Waals surface area contributed by atoms with Crippen molar-refractivity contribution in [3.8, 4) is 10.6 Å². The van der Waals surface area contributed by atoms with Gasteiger partial charge in [0.1, 0.15) is 0 Å². The SMILES string of the molecule is Cc1nn(C)c2nc(-c3cccs3)cc(C(=O)Nc3ccccc3Cl)c12. The van der Waals surface area contributed by atoms with E-state index in [1.54, 1.807) is 28.2 Å². The van der Waals surface area contributed by atoms with Crippen LogP contribution in [0.2, 0.25) is 5.02 Å². The van der Waals surface area contributed by atoms with Crippen molar-refractivity contribution in [3.63, 3.8) is 0 Å². The lowest BCUT2D eigenvalue weighted by molar-refractivity contribution is 0.102. The van der Waals surface area contributed by atoms with Gasteiger partial charge in [-0.1, -0.05) is 29.8 Å². The third kappa shape index (κ3) is 2.87. The zero-order valence-corrected chi connectivity index (χ0v) is 15.7. The van der Waals surface area contributed by atoms with E-state index in [2.05, 4.69) is 10.4 Å². The first kappa shape index (κ1) is 16.8. The first-order valence-electron chi connectivity index (χ1n) is 7.98. The Labute approximate surface area is 159 Å². The van der Waals surface area contributed by atoms with E-state index in [1.807, 2.05) is 49.7 Å². The fourth-order valence-electron chi connectivity index (χ4n) is 2.93. The van der Waals surface area contributed by atoms with Gasteiger partial charge in [0, 0.05) is 7.05 Å². The summed E-state index contributed by atoms with van der Waals surface area (Å²) in [5.74, 6) is -0.237. The molecule has 0 saturated heterocycles. The molecule has 1 N–H and O–H groups in total. The second kappa shape index (κ2) is 6.55. The molecule has 1 aromatic carbocycles. The number of aryl methyl sites for hydroxylation is 2. The van der Waals surface area contributed by atoms with Crippen molar-refractivity contribution in [2.45, 2.75) is 6.92 Å². The molecule has 1 amide bonds. The van der Waals surface area contributed by atoms with Crippen LogP contribution in [0, 0.1) is 6.92 Å². The Morgan fingerprint density at radius 2 is 2.04 bits per heavy atom. The van der Waals surface area contributed by atoms with Crippen LogP contribution in [0.1, 0.15) is 16.1 Å². The number of carbonyl (C=O) groups excluding carboxylic acids is 1. The summed E-state index contributed by atoms with van der Waals surface area (Å²) in [5, 5.41) is 10.6. The van der Waals surface area contributed by atoms with E-state index in [-0.39, 0.29) is 5.91 Å². The topological polar surface area (TPSA) is 59.8 Å². The maximum Gasteiger partial charge on any atom is 0.256 e. The largest absolute Gasteiger partial charge is 0.321 e. The highest BCUT2D eigenvalue weighted by molar-refractivity contribution is 7.13. The van der Waals surface area contributed by atoms with Crippen molar-refractivity contribution in [1.29, 1.82) is 0 Å². The Bertz CT molecular complexity index is 1120. The average molecular weight is 383 g/mol. The fraction of sp³-hybridized carbons (Fsp3) is 0.105. The van der Waals surface area contributed by atoms with Crippen LogP contribution in [0.3, 0.4) is 0 Å². The van der Waals surface area contributed by atoms with Crippen LogP contribution in [0.15, 0.2) is 47.8 Å². The highest BCUT2D eigenvalue weighted by Crippen LogP contribution is 2.30. The van der Waals surface area contributed by atoms with Crippen LogP contribution in [0.5, 0.6) is 0 Å². The monoisotopic (exact) mass is 382 g/mol. The highest BCUT2D eigenvalue weighted by atomic mass is 35.5. The summed E-state index contributed by atoms with van der Waals surface area (Å²) in [6.45, 7) is 1.88. The number of para-hydroxylation sites is 1. The number of aromatic nitrogens is 3. The van der Waals surface area contributed by atoms with Gasteiger partial charge in [-0.2, -0.15) is 5.10 Å². The maximum absolute atomic E-state index is 13.0. The Morgan fingerprint density at radius 3 is 2.77 bits per heavy atom. The number of nitrogens with zero attached hydrogens (tertiary/aromatic N) is 3. The third-order valence-electron chi connectivity index (χ3n) is 4.11. The second-order valence-electron chi connectivity index (χ2n) is 5.87. The number of hydrogen-bond donors (Lipinski definition) is 1. The zero-order valence-electron chi connectivity index (χ0n) is 14.2. The smallest absolute Gasteiger partial charge is 0.256 e. The van der Waals surface area contributed by atoms with Crippen LogP contribution in [0.25, 0.3) is 21.6 Å². The molecule has 0 spiro atoms. The first-order valence-corrected chi connectivity index (χ1v) is 9.24. The minimum absolute atomic E-state index is 0.237. The third-order valence-corrected chi connectivity index (χ3v) is 5.33. The van der Waals surface area contributed by atoms with Gasteiger partial charge in [0.15, 0.2) is 5.65 Å². The van der Waals surface area contributed by atoms with Gasteiger partial charge >= 0.3 is 0 Å². The number of carbonyl (C=O) groups is 1. The van der Waals surface area contributed by atoms with Crippen molar-refractivity contribution in [3.05, 3.63) is 64.1 Å².